The van der Waals surface area contributed by atoms with Crippen LogP contribution >= 0.6 is 0 Å². The summed E-state index contributed by atoms with van der Waals surface area (Å²) in [6, 6.07) is 15.2. The molecule has 0 unspecified atom stereocenters. The van der Waals surface area contributed by atoms with E-state index >= 15 is 0 Å². The summed E-state index contributed by atoms with van der Waals surface area (Å²) in [4.78, 5) is 9.24. The summed E-state index contributed by atoms with van der Waals surface area (Å²) >= 11 is 0. The molecule has 142 valence electrons. The fourth-order valence-corrected chi connectivity index (χ4v) is 2.51. The average Bonchev–Trinajstić information content (AvgIpc) is 2.66. The summed E-state index contributed by atoms with van der Waals surface area (Å²) < 4.78 is 5.86. The van der Waals surface area contributed by atoms with Crippen molar-refractivity contribution in [3.63, 3.8) is 0 Å². The summed E-state index contributed by atoms with van der Waals surface area (Å²) in [5, 5.41) is 7.60. The van der Waals surface area contributed by atoms with Crippen molar-refractivity contribution in [2.24, 2.45) is 5.73 Å². The summed E-state index contributed by atoms with van der Waals surface area (Å²) in [5.74, 6) is 0.0313. The molecule has 0 radical (unpaired) electrons. The number of nitrogens with two attached hydrogens (primary N) is 1. The highest BCUT2D eigenvalue weighted by Crippen LogP contribution is 2.28. The lowest BCUT2D eigenvalue weighted by Gasteiger charge is -2.12. The Bertz CT molecular complexity index is 666. The van der Waals surface area contributed by atoms with E-state index in [-0.39, 0.29) is 6.54 Å². The Morgan fingerprint density at radius 3 is 2.27 bits per heavy atom. The van der Waals surface area contributed by atoms with Gasteiger partial charge < -0.3 is 15.6 Å². The molecule has 0 aliphatic rings. The van der Waals surface area contributed by atoms with E-state index in [0.29, 0.717) is 0 Å². The molecular weight excluding hydrogens is 326 g/mol. The summed E-state index contributed by atoms with van der Waals surface area (Å²) in [5.41, 5.74) is 9.83. The first-order valence-electron chi connectivity index (χ1n) is 9.26. The third-order valence-corrected chi connectivity index (χ3v) is 4.01. The first-order chi connectivity index (χ1) is 12.5. The zero-order chi connectivity index (χ0) is 19.4. The number of carboxylic acids is 1. The van der Waals surface area contributed by atoms with Crippen molar-refractivity contribution in [1.82, 2.24) is 0 Å². The maximum absolute atomic E-state index is 9.24. The molecule has 0 fully saturated rings. The van der Waals surface area contributed by atoms with Crippen LogP contribution in [0.1, 0.15) is 44.2 Å². The molecule has 4 heteroatoms. The molecule has 0 heterocycles. The fraction of sp³-hybridized carbons (Fsp3) is 0.409. The highest BCUT2D eigenvalue weighted by Gasteiger charge is 2.06. The average molecular weight is 357 g/mol. The van der Waals surface area contributed by atoms with Gasteiger partial charge in [-0.25, -0.2) is 0 Å². The van der Waals surface area contributed by atoms with Gasteiger partial charge in [0.15, 0.2) is 0 Å². The van der Waals surface area contributed by atoms with Crippen molar-refractivity contribution in [3.05, 3.63) is 53.6 Å². The number of ether oxygens (including phenoxy) is 1. The first-order valence-corrected chi connectivity index (χ1v) is 9.26. The number of benzene rings is 2. The van der Waals surface area contributed by atoms with Gasteiger partial charge in [0.2, 0.25) is 0 Å². The number of aliphatic carboxylic acids is 1. The standard InChI is InChI=1S/C20H26O.C2H5NO2/c1-4-6-7-14-21-19-12-13-20(17(5-2)15-19)18-10-8-16(3)9-11-18;3-1-2(4)5/h8-13,15H,4-7,14H2,1-3H3;1,3H2,(H,4,5). The van der Waals surface area contributed by atoms with E-state index in [0.717, 1.165) is 25.2 Å². The van der Waals surface area contributed by atoms with Gasteiger partial charge in [-0.1, -0.05) is 62.6 Å². The second kappa shape index (κ2) is 12.1. The van der Waals surface area contributed by atoms with Gasteiger partial charge >= 0.3 is 5.97 Å². The van der Waals surface area contributed by atoms with E-state index in [1.165, 1.54) is 35.1 Å². The Hall–Kier alpha value is -2.33. The predicted molar refractivity (Wildman–Crippen MR) is 108 cm³/mol. The predicted octanol–water partition coefficient (Wildman–Crippen LogP) is 4.82. The molecule has 0 aliphatic heterocycles. The number of hydrogen-bond donors (Lipinski definition) is 2. The summed E-state index contributed by atoms with van der Waals surface area (Å²) in [6.45, 7) is 7.08. The van der Waals surface area contributed by atoms with E-state index in [2.05, 4.69) is 69.0 Å². The van der Waals surface area contributed by atoms with E-state index < -0.39 is 5.97 Å². The minimum Gasteiger partial charge on any atom is -0.494 e. The van der Waals surface area contributed by atoms with Crippen LogP contribution in [0.5, 0.6) is 5.75 Å². The van der Waals surface area contributed by atoms with Crippen LogP contribution < -0.4 is 10.5 Å². The van der Waals surface area contributed by atoms with Crippen molar-refractivity contribution in [2.75, 3.05) is 13.2 Å². The van der Waals surface area contributed by atoms with Crippen LogP contribution in [0.4, 0.5) is 0 Å². The molecule has 0 spiro atoms. The molecule has 26 heavy (non-hydrogen) atoms. The summed E-state index contributed by atoms with van der Waals surface area (Å²) in [6.07, 6.45) is 4.63. The van der Waals surface area contributed by atoms with Gasteiger partial charge in [-0.3, -0.25) is 4.79 Å². The second-order valence-electron chi connectivity index (χ2n) is 6.19. The molecule has 0 saturated heterocycles. The monoisotopic (exact) mass is 357 g/mol. The smallest absolute Gasteiger partial charge is 0.317 e. The molecule has 3 N–H and O–H groups in total. The van der Waals surface area contributed by atoms with Gasteiger partial charge in [-0.15, -0.1) is 0 Å². The molecule has 2 rings (SSSR count). The highest BCUT2D eigenvalue weighted by atomic mass is 16.5. The van der Waals surface area contributed by atoms with E-state index in [4.69, 9.17) is 9.84 Å². The molecular formula is C22H31NO3. The Morgan fingerprint density at radius 1 is 1.08 bits per heavy atom. The van der Waals surface area contributed by atoms with Crippen LogP contribution in [0.15, 0.2) is 42.5 Å². The van der Waals surface area contributed by atoms with Gasteiger partial charge in [-0.05, 0) is 48.6 Å². The Morgan fingerprint density at radius 2 is 1.73 bits per heavy atom. The zero-order valence-corrected chi connectivity index (χ0v) is 16.1. The molecule has 2 aromatic rings. The number of unbranched alkanes of at least 4 members (excludes halogenated alkanes) is 2. The number of carboxylic acid groups (broad SMARTS) is 1. The molecule has 0 bridgehead atoms. The SMILES string of the molecule is CCCCCOc1ccc(-c2ccc(C)cc2)c(CC)c1.NCC(=O)O. The molecule has 0 atom stereocenters. The highest BCUT2D eigenvalue weighted by molar-refractivity contribution is 5.69. The number of hydrogen-bond acceptors (Lipinski definition) is 3. The lowest BCUT2D eigenvalue weighted by molar-refractivity contribution is -0.135. The third kappa shape index (κ3) is 7.70. The molecule has 0 aromatic heterocycles. The lowest BCUT2D eigenvalue weighted by Crippen LogP contribution is -2.10. The quantitative estimate of drug-likeness (QED) is 0.664. The Balaban J connectivity index is 0.000000597. The van der Waals surface area contributed by atoms with Crippen molar-refractivity contribution in [2.45, 2.75) is 46.5 Å². The lowest BCUT2D eigenvalue weighted by atomic mass is 9.97. The van der Waals surface area contributed by atoms with E-state index in [1.807, 2.05) is 0 Å². The van der Waals surface area contributed by atoms with Crippen LogP contribution in [-0.2, 0) is 11.2 Å². The maximum atomic E-state index is 9.24. The van der Waals surface area contributed by atoms with Gasteiger partial charge in [-0.2, -0.15) is 0 Å². The molecule has 2 aromatic carbocycles. The molecule has 0 saturated carbocycles. The van der Waals surface area contributed by atoms with Gasteiger partial charge in [0.05, 0.1) is 13.2 Å². The fourth-order valence-electron chi connectivity index (χ4n) is 2.51. The van der Waals surface area contributed by atoms with Crippen LogP contribution in [0.2, 0.25) is 0 Å². The van der Waals surface area contributed by atoms with E-state index in [1.54, 1.807) is 0 Å². The van der Waals surface area contributed by atoms with Crippen LogP contribution in [-0.4, -0.2) is 24.2 Å². The topological polar surface area (TPSA) is 72.5 Å². The summed E-state index contributed by atoms with van der Waals surface area (Å²) in [7, 11) is 0. The van der Waals surface area contributed by atoms with Crippen molar-refractivity contribution >= 4 is 5.97 Å². The number of carbonyl (C=O) groups is 1. The van der Waals surface area contributed by atoms with Crippen molar-refractivity contribution in [1.29, 1.82) is 0 Å². The normalized spacial score (nSPS) is 10.0. The van der Waals surface area contributed by atoms with Crippen molar-refractivity contribution in [3.8, 4) is 16.9 Å². The largest absolute Gasteiger partial charge is 0.494 e. The Kier molecular flexibility index (Phi) is 10.1. The first kappa shape index (κ1) is 21.7. The number of rotatable bonds is 8. The molecule has 0 aliphatic carbocycles. The van der Waals surface area contributed by atoms with Gasteiger partial charge in [0, 0.05) is 0 Å². The maximum Gasteiger partial charge on any atom is 0.317 e. The molecule has 4 nitrogen and oxygen atoms in total. The van der Waals surface area contributed by atoms with Crippen molar-refractivity contribution < 1.29 is 14.6 Å². The van der Waals surface area contributed by atoms with Gasteiger partial charge in [0.1, 0.15) is 5.75 Å². The van der Waals surface area contributed by atoms with Gasteiger partial charge in [0.25, 0.3) is 0 Å². The number of aryl methyl sites for hydroxylation is 2. The minimum absolute atomic E-state index is 0.278. The third-order valence-electron chi connectivity index (χ3n) is 4.01. The van der Waals surface area contributed by atoms with Crippen LogP contribution in [0.25, 0.3) is 11.1 Å². The van der Waals surface area contributed by atoms with Crippen LogP contribution in [0.3, 0.4) is 0 Å². The van der Waals surface area contributed by atoms with E-state index in [9.17, 15) is 4.79 Å². The zero-order valence-electron chi connectivity index (χ0n) is 16.1. The Labute approximate surface area is 157 Å². The second-order valence-corrected chi connectivity index (χ2v) is 6.19. The minimum atomic E-state index is -0.968. The molecule has 0 amide bonds. The van der Waals surface area contributed by atoms with Crippen LogP contribution in [0, 0.1) is 6.92 Å².